The average Bonchev–Trinajstić information content (AvgIpc) is 3.04. The highest BCUT2D eigenvalue weighted by Crippen LogP contribution is 2.29. The fourth-order valence-electron chi connectivity index (χ4n) is 6.00. The van der Waals surface area contributed by atoms with Crippen LogP contribution in [0, 0.1) is 36.5 Å². The van der Waals surface area contributed by atoms with Crippen LogP contribution in [0.25, 0.3) is 0 Å². The Morgan fingerprint density at radius 3 is 2.25 bits per heavy atom. The van der Waals surface area contributed by atoms with Crippen LogP contribution < -0.4 is 10.6 Å². The topological polar surface area (TPSA) is 122 Å². The largest absolute Gasteiger partial charge is 0.401 e. The van der Waals surface area contributed by atoms with Crippen molar-refractivity contribution in [1.29, 1.82) is 0 Å². The number of benzene rings is 1. The van der Waals surface area contributed by atoms with E-state index in [1.165, 1.54) is 19.0 Å². The molecule has 1 aliphatic rings. The molecule has 3 amide bonds. The first-order chi connectivity index (χ1) is 22.7. The van der Waals surface area contributed by atoms with Crippen molar-refractivity contribution in [2.24, 2.45) is 11.8 Å². The van der Waals surface area contributed by atoms with Gasteiger partial charge in [-0.05, 0) is 37.8 Å². The van der Waals surface area contributed by atoms with Crippen LogP contribution in [0.5, 0.6) is 0 Å². The molecule has 266 valence electrons. The quantitative estimate of drug-likeness (QED) is 0.167. The van der Waals surface area contributed by atoms with Gasteiger partial charge in [-0.25, -0.2) is 0 Å². The molecule has 0 radical (unpaired) electrons. The number of nitrogens with zero attached hydrogens (tertiary/aromatic N) is 2. The van der Waals surface area contributed by atoms with Gasteiger partial charge in [-0.1, -0.05) is 62.4 Å². The van der Waals surface area contributed by atoms with Gasteiger partial charge in [0.05, 0.1) is 24.6 Å². The number of aliphatic hydroxyl groups is 2. The van der Waals surface area contributed by atoms with E-state index in [9.17, 15) is 37.8 Å². The van der Waals surface area contributed by atoms with E-state index in [1.807, 2.05) is 18.2 Å². The zero-order chi connectivity index (χ0) is 35.7. The van der Waals surface area contributed by atoms with Crippen molar-refractivity contribution in [2.75, 3.05) is 33.7 Å². The second-order valence-electron chi connectivity index (χ2n) is 12.9. The Hall–Kier alpha value is -3.58. The van der Waals surface area contributed by atoms with E-state index in [0.717, 1.165) is 42.6 Å². The average molecular weight is 677 g/mol. The summed E-state index contributed by atoms with van der Waals surface area (Å²) in [5, 5.41) is 27.1. The standard InChI is InChI=1S/C36H51F3N4O5/c1-5-7-19-29(35(48)41-30(33(46)31(44)14-6-2)23-27-17-12-9-13-18-27)40-34(47)28(22-26-15-10-8-11-16-26)24-32(45)43(4)21-20-42(3)25-36(37,38)39/h1-2,8,10-11,15-16,27-31,33,44,46H,7,9,12-14,17-25H2,3-4H3,(H,40,47)(H,41,48)/t28?,29-,30?,31?,33+/m0/s1. The maximum absolute atomic E-state index is 13.8. The van der Waals surface area contributed by atoms with Gasteiger partial charge in [0, 0.05) is 39.4 Å². The third kappa shape index (κ3) is 15.1. The first-order valence-electron chi connectivity index (χ1n) is 16.6. The van der Waals surface area contributed by atoms with Crippen molar-refractivity contribution in [2.45, 2.75) is 101 Å². The summed E-state index contributed by atoms with van der Waals surface area (Å²) in [5.41, 5.74) is 0.779. The van der Waals surface area contributed by atoms with E-state index in [1.54, 1.807) is 12.1 Å². The normalized spacial score (nSPS) is 16.9. The van der Waals surface area contributed by atoms with Crippen molar-refractivity contribution in [3.8, 4) is 24.7 Å². The second-order valence-corrected chi connectivity index (χ2v) is 12.9. The number of alkyl halides is 3. The Balaban J connectivity index is 2.22. The molecule has 1 fully saturated rings. The summed E-state index contributed by atoms with van der Waals surface area (Å²) in [4.78, 5) is 43.0. The van der Waals surface area contributed by atoms with Crippen LogP contribution in [0.15, 0.2) is 30.3 Å². The maximum atomic E-state index is 13.8. The number of carbonyl (C=O) groups excluding carboxylic acids is 3. The fourth-order valence-corrected chi connectivity index (χ4v) is 6.00. The number of likely N-dealkylation sites (N-methyl/N-ethyl adjacent to an activating group) is 2. The smallest absolute Gasteiger partial charge is 0.389 e. The predicted molar refractivity (Wildman–Crippen MR) is 178 cm³/mol. The van der Waals surface area contributed by atoms with E-state index in [0.29, 0.717) is 6.42 Å². The second kappa shape index (κ2) is 20.7. The lowest BCUT2D eigenvalue weighted by Gasteiger charge is -2.33. The molecule has 0 saturated heterocycles. The van der Waals surface area contributed by atoms with Gasteiger partial charge in [-0.2, -0.15) is 13.2 Å². The minimum Gasteiger partial charge on any atom is -0.389 e. The summed E-state index contributed by atoms with van der Waals surface area (Å²) >= 11 is 0. The third-order valence-electron chi connectivity index (χ3n) is 8.79. The Kier molecular flexibility index (Phi) is 17.5. The maximum Gasteiger partial charge on any atom is 0.401 e. The highest BCUT2D eigenvalue weighted by Gasteiger charge is 2.34. The Morgan fingerprint density at radius 1 is 0.979 bits per heavy atom. The van der Waals surface area contributed by atoms with Crippen LogP contribution in [0.3, 0.4) is 0 Å². The lowest BCUT2D eigenvalue weighted by molar-refractivity contribution is -0.144. The van der Waals surface area contributed by atoms with Crippen LogP contribution >= 0.6 is 0 Å². The molecular formula is C36H51F3N4O5. The third-order valence-corrected chi connectivity index (χ3v) is 8.79. The minimum atomic E-state index is -4.37. The SMILES string of the molecule is C#CCC[C@H](NC(=O)C(CC(=O)N(C)CCN(C)CC(F)(F)F)Cc1ccccc1)C(=O)NC(CC1CCCCC1)[C@@H](O)C(O)CC#C. The molecule has 48 heavy (non-hydrogen) atoms. The van der Waals surface area contributed by atoms with Crippen LogP contribution in [-0.2, 0) is 20.8 Å². The lowest BCUT2D eigenvalue weighted by Crippen LogP contribution is -2.56. The van der Waals surface area contributed by atoms with E-state index in [2.05, 4.69) is 22.5 Å². The van der Waals surface area contributed by atoms with Crippen molar-refractivity contribution in [3.05, 3.63) is 35.9 Å². The number of terminal acetylenes is 2. The predicted octanol–water partition coefficient (Wildman–Crippen LogP) is 3.29. The molecule has 1 saturated carbocycles. The molecule has 1 aromatic carbocycles. The van der Waals surface area contributed by atoms with Gasteiger partial charge >= 0.3 is 6.18 Å². The molecule has 1 aliphatic carbocycles. The molecule has 2 rings (SSSR count). The summed E-state index contributed by atoms with van der Waals surface area (Å²) in [7, 11) is 2.78. The van der Waals surface area contributed by atoms with Crippen molar-refractivity contribution in [3.63, 3.8) is 0 Å². The highest BCUT2D eigenvalue weighted by molar-refractivity contribution is 5.91. The first kappa shape index (κ1) is 40.6. The summed E-state index contributed by atoms with van der Waals surface area (Å²) in [6.45, 7) is -1.11. The van der Waals surface area contributed by atoms with Crippen LogP contribution in [0.2, 0.25) is 0 Å². The Labute approximate surface area is 283 Å². The molecule has 9 nitrogen and oxygen atoms in total. The van der Waals surface area contributed by atoms with Crippen molar-refractivity contribution < 1.29 is 37.8 Å². The van der Waals surface area contributed by atoms with Gasteiger partial charge in [-0.3, -0.25) is 19.3 Å². The summed E-state index contributed by atoms with van der Waals surface area (Å²) in [5.74, 6) is 2.56. The number of carbonyl (C=O) groups is 3. The Bertz CT molecular complexity index is 1230. The fraction of sp³-hybridized carbons (Fsp3) is 0.639. The molecule has 0 spiro atoms. The molecule has 1 aromatic rings. The van der Waals surface area contributed by atoms with Crippen molar-refractivity contribution in [1.82, 2.24) is 20.4 Å². The number of hydrogen-bond donors (Lipinski definition) is 4. The molecule has 5 atom stereocenters. The number of nitrogens with one attached hydrogen (secondary N) is 2. The molecule has 0 heterocycles. The van der Waals surface area contributed by atoms with E-state index in [-0.39, 0.29) is 51.1 Å². The molecule has 4 N–H and O–H groups in total. The molecule has 0 aromatic heterocycles. The van der Waals surface area contributed by atoms with E-state index >= 15 is 0 Å². The van der Waals surface area contributed by atoms with Crippen LogP contribution in [0.1, 0.15) is 69.8 Å². The number of aliphatic hydroxyl groups excluding tert-OH is 2. The van der Waals surface area contributed by atoms with Gasteiger partial charge in [0.15, 0.2) is 0 Å². The molecule has 12 heteroatoms. The zero-order valence-corrected chi connectivity index (χ0v) is 28.1. The van der Waals surface area contributed by atoms with E-state index < -0.39 is 60.7 Å². The van der Waals surface area contributed by atoms with Gasteiger partial charge in [0.2, 0.25) is 17.7 Å². The van der Waals surface area contributed by atoms with Crippen molar-refractivity contribution >= 4 is 17.7 Å². The van der Waals surface area contributed by atoms with Gasteiger partial charge in [0.1, 0.15) is 12.1 Å². The molecule has 3 unspecified atom stereocenters. The summed E-state index contributed by atoms with van der Waals surface area (Å²) in [6, 6.07) is 7.10. The number of rotatable bonds is 19. The first-order valence-corrected chi connectivity index (χ1v) is 16.6. The number of halogens is 3. The van der Waals surface area contributed by atoms with Crippen LogP contribution in [0.4, 0.5) is 13.2 Å². The minimum absolute atomic E-state index is 0.0183. The van der Waals surface area contributed by atoms with Crippen LogP contribution in [-0.4, -0.2) is 102 Å². The summed E-state index contributed by atoms with van der Waals surface area (Å²) in [6.07, 6.45) is 9.47. The molecular weight excluding hydrogens is 625 g/mol. The highest BCUT2D eigenvalue weighted by atomic mass is 19.4. The number of hydrogen-bond acceptors (Lipinski definition) is 6. The van der Waals surface area contributed by atoms with Gasteiger partial charge < -0.3 is 25.7 Å². The monoisotopic (exact) mass is 676 g/mol. The van der Waals surface area contributed by atoms with E-state index in [4.69, 9.17) is 12.8 Å². The molecule has 0 aliphatic heterocycles. The number of amides is 3. The molecule has 0 bridgehead atoms. The van der Waals surface area contributed by atoms with Gasteiger partial charge in [0.25, 0.3) is 0 Å². The van der Waals surface area contributed by atoms with Gasteiger partial charge in [-0.15, -0.1) is 24.7 Å². The Morgan fingerprint density at radius 2 is 1.65 bits per heavy atom. The lowest BCUT2D eigenvalue weighted by atomic mass is 9.82. The summed E-state index contributed by atoms with van der Waals surface area (Å²) < 4.78 is 38.2. The zero-order valence-electron chi connectivity index (χ0n) is 28.1.